The standard InChI is InChI=1S/C54H68N4O5/c1(2-16-26-58-33-49(55-56-58)39-60-41-54-30-46-27-47(31-54)29-48(28-46)32-54)15-25-57-34-51(61-36-43-19-9-4-10-20-43)53(63-38-45-23-13-6-14-24-45)52(62-37-44-21-11-5-12-22-44)50(57)40-59-35-42-17-7-3-8-18-42/h3-14,17-24,33,46-48,50-53H,1-2,15-16,25-32,34-41H2/t46?,47?,48?,50-,51+,52-,53-,54?/m1/s1. The van der Waals surface area contributed by atoms with Crippen LogP contribution in [0.4, 0.5) is 0 Å². The molecule has 1 saturated heterocycles. The number of aromatic nitrogens is 3. The van der Waals surface area contributed by atoms with Crippen molar-refractivity contribution < 1.29 is 23.7 Å². The minimum Gasteiger partial charge on any atom is -0.375 e. The molecule has 4 aliphatic carbocycles. The van der Waals surface area contributed by atoms with E-state index in [1.54, 1.807) is 0 Å². The summed E-state index contributed by atoms with van der Waals surface area (Å²) in [6.07, 6.45) is 14.2. The topological polar surface area (TPSA) is 80.1 Å². The van der Waals surface area contributed by atoms with Gasteiger partial charge in [0.1, 0.15) is 17.9 Å². The summed E-state index contributed by atoms with van der Waals surface area (Å²) in [7, 11) is 0. The fourth-order valence-corrected chi connectivity index (χ4v) is 11.6. The Hall–Kier alpha value is -4.22. The van der Waals surface area contributed by atoms with E-state index in [9.17, 15) is 0 Å². The summed E-state index contributed by atoms with van der Waals surface area (Å²) in [5, 5.41) is 8.96. The maximum atomic E-state index is 7.02. The molecule has 4 aromatic carbocycles. The quantitative estimate of drug-likeness (QED) is 0.0568. The number of benzene rings is 4. The molecular weight excluding hydrogens is 785 g/mol. The summed E-state index contributed by atoms with van der Waals surface area (Å²) in [6, 6.07) is 41.7. The molecule has 63 heavy (non-hydrogen) atoms. The smallest absolute Gasteiger partial charge is 0.113 e. The number of piperidine rings is 1. The van der Waals surface area contributed by atoms with E-state index in [1.807, 2.05) is 28.9 Å². The van der Waals surface area contributed by atoms with Crippen molar-refractivity contribution >= 4 is 0 Å². The van der Waals surface area contributed by atoms with Crippen LogP contribution in [0.3, 0.4) is 0 Å². The van der Waals surface area contributed by atoms with Gasteiger partial charge in [0.25, 0.3) is 0 Å². The molecule has 5 aromatic rings. The van der Waals surface area contributed by atoms with Crippen molar-refractivity contribution in [3.05, 3.63) is 155 Å². The molecule has 9 heteroatoms. The molecule has 4 atom stereocenters. The Labute approximate surface area is 375 Å². The van der Waals surface area contributed by atoms with E-state index in [-0.39, 0.29) is 24.4 Å². The molecule has 0 N–H and O–H groups in total. The molecular formula is C54H68N4O5. The normalized spacial score (nSPS) is 26.6. The molecule has 0 spiro atoms. The summed E-state index contributed by atoms with van der Waals surface area (Å²) in [5.74, 6) is 2.85. The summed E-state index contributed by atoms with van der Waals surface area (Å²) in [5.41, 5.74) is 5.94. The zero-order valence-corrected chi connectivity index (χ0v) is 37.1. The number of hydrogen-bond donors (Lipinski definition) is 0. The second-order valence-electron chi connectivity index (χ2n) is 19.2. The first kappa shape index (κ1) is 44.0. The highest BCUT2D eigenvalue weighted by molar-refractivity contribution is 5.17. The van der Waals surface area contributed by atoms with Crippen LogP contribution in [0.15, 0.2) is 128 Å². The fraction of sp³-hybridized carbons (Fsp3) is 0.519. The van der Waals surface area contributed by atoms with Gasteiger partial charge < -0.3 is 23.7 Å². The molecule has 9 nitrogen and oxygen atoms in total. The van der Waals surface area contributed by atoms with Crippen LogP contribution in [0.25, 0.3) is 0 Å². The Morgan fingerprint density at radius 1 is 0.524 bits per heavy atom. The van der Waals surface area contributed by atoms with E-state index in [0.717, 1.165) is 97.6 Å². The molecule has 0 amide bonds. The van der Waals surface area contributed by atoms with Gasteiger partial charge in [0.2, 0.25) is 0 Å². The number of hydrogen-bond acceptors (Lipinski definition) is 8. The second-order valence-corrected chi connectivity index (χ2v) is 19.2. The summed E-state index contributed by atoms with van der Waals surface area (Å²) in [4.78, 5) is 2.56. The van der Waals surface area contributed by atoms with Crippen molar-refractivity contribution in [1.82, 2.24) is 19.9 Å². The summed E-state index contributed by atoms with van der Waals surface area (Å²) < 4.78 is 35.8. The van der Waals surface area contributed by atoms with Gasteiger partial charge in [0.15, 0.2) is 0 Å². The van der Waals surface area contributed by atoms with Gasteiger partial charge in [0.05, 0.1) is 64.6 Å². The Balaban J connectivity index is 0.833. The van der Waals surface area contributed by atoms with Crippen LogP contribution in [-0.4, -0.2) is 70.6 Å². The first-order valence-electron chi connectivity index (χ1n) is 23.9. The lowest BCUT2D eigenvalue weighted by atomic mass is 9.50. The van der Waals surface area contributed by atoms with Crippen LogP contribution in [0.2, 0.25) is 0 Å². The number of rotatable bonds is 24. The van der Waals surface area contributed by atoms with Crippen LogP contribution in [0.1, 0.15) is 92.2 Å². The minimum absolute atomic E-state index is 0.0338. The van der Waals surface area contributed by atoms with E-state index in [0.29, 0.717) is 45.1 Å². The molecule has 5 fully saturated rings. The number of nitrogens with zero attached hydrogens (tertiary/aromatic N) is 4. The molecule has 2 heterocycles. The van der Waals surface area contributed by atoms with Crippen LogP contribution in [0.5, 0.6) is 0 Å². The molecule has 0 unspecified atom stereocenters. The van der Waals surface area contributed by atoms with Crippen LogP contribution >= 0.6 is 0 Å². The zero-order valence-electron chi connectivity index (χ0n) is 37.1. The molecule has 1 aliphatic heterocycles. The summed E-state index contributed by atoms with van der Waals surface area (Å²) in [6.45, 7) is 6.48. The number of ether oxygens (including phenoxy) is 5. The molecule has 0 radical (unpaired) electrons. The molecule has 4 bridgehead atoms. The number of unbranched alkanes of at least 4 members (excludes halogenated alkanes) is 3. The van der Waals surface area contributed by atoms with Gasteiger partial charge in [-0.1, -0.05) is 139 Å². The third-order valence-electron chi connectivity index (χ3n) is 14.2. The van der Waals surface area contributed by atoms with Gasteiger partial charge in [-0.15, -0.1) is 5.10 Å². The zero-order chi connectivity index (χ0) is 42.5. The first-order chi connectivity index (χ1) is 31.1. The Kier molecular flexibility index (Phi) is 15.4. The highest BCUT2D eigenvalue weighted by Gasteiger charge is 2.51. The average molecular weight is 853 g/mol. The second kappa shape index (κ2) is 22.1. The van der Waals surface area contributed by atoms with Gasteiger partial charge in [-0.05, 0) is 103 Å². The van der Waals surface area contributed by atoms with Gasteiger partial charge in [-0.2, -0.15) is 0 Å². The van der Waals surface area contributed by atoms with Crippen molar-refractivity contribution in [2.24, 2.45) is 23.2 Å². The first-order valence-corrected chi connectivity index (χ1v) is 23.9. The van der Waals surface area contributed by atoms with E-state index in [2.05, 4.69) is 118 Å². The lowest BCUT2D eigenvalue weighted by Crippen LogP contribution is -2.64. The van der Waals surface area contributed by atoms with E-state index in [4.69, 9.17) is 23.7 Å². The maximum Gasteiger partial charge on any atom is 0.113 e. The van der Waals surface area contributed by atoms with Crippen LogP contribution < -0.4 is 0 Å². The van der Waals surface area contributed by atoms with Gasteiger partial charge >= 0.3 is 0 Å². The van der Waals surface area contributed by atoms with Gasteiger partial charge in [-0.25, -0.2) is 0 Å². The van der Waals surface area contributed by atoms with Crippen molar-refractivity contribution in [2.45, 2.75) is 128 Å². The molecule has 4 saturated carbocycles. The number of likely N-dealkylation sites (tertiary alicyclic amines) is 1. The molecule has 1 aromatic heterocycles. The molecule has 10 rings (SSSR count). The Bertz CT molecular complexity index is 2030. The minimum atomic E-state index is -0.311. The van der Waals surface area contributed by atoms with Crippen molar-refractivity contribution in [3.63, 3.8) is 0 Å². The van der Waals surface area contributed by atoms with Gasteiger partial charge in [-0.3, -0.25) is 9.58 Å². The van der Waals surface area contributed by atoms with Crippen LogP contribution in [0, 0.1) is 23.2 Å². The summed E-state index contributed by atoms with van der Waals surface area (Å²) >= 11 is 0. The highest BCUT2D eigenvalue weighted by atomic mass is 16.6. The molecule has 334 valence electrons. The van der Waals surface area contributed by atoms with E-state index >= 15 is 0 Å². The van der Waals surface area contributed by atoms with Crippen molar-refractivity contribution in [1.29, 1.82) is 0 Å². The van der Waals surface area contributed by atoms with Crippen LogP contribution in [-0.2, 0) is 63.3 Å². The predicted octanol–water partition coefficient (Wildman–Crippen LogP) is 10.2. The third-order valence-corrected chi connectivity index (χ3v) is 14.2. The Morgan fingerprint density at radius 2 is 1.03 bits per heavy atom. The number of aryl methyl sites for hydroxylation is 1. The monoisotopic (exact) mass is 853 g/mol. The largest absolute Gasteiger partial charge is 0.375 e. The highest BCUT2D eigenvalue weighted by Crippen LogP contribution is 2.60. The van der Waals surface area contributed by atoms with E-state index < -0.39 is 0 Å². The lowest BCUT2D eigenvalue weighted by Gasteiger charge is -2.56. The Morgan fingerprint density at radius 3 is 1.60 bits per heavy atom. The maximum absolute atomic E-state index is 7.02. The molecule has 5 aliphatic rings. The fourth-order valence-electron chi connectivity index (χ4n) is 11.6. The van der Waals surface area contributed by atoms with Crippen molar-refractivity contribution in [2.75, 3.05) is 26.3 Å². The third kappa shape index (κ3) is 12.3. The average Bonchev–Trinajstić information content (AvgIpc) is 3.77. The predicted molar refractivity (Wildman–Crippen MR) is 245 cm³/mol. The van der Waals surface area contributed by atoms with Crippen molar-refractivity contribution in [3.8, 4) is 0 Å². The van der Waals surface area contributed by atoms with Gasteiger partial charge in [0, 0.05) is 13.1 Å². The SMILES string of the molecule is c1ccc(COC[C@@H]2[C@@H](OCc3ccccc3)[C@H](OCc3ccccc3)[C@@H](OCc3ccccc3)CN2CCCCCCn2cc(COCC34CC5CC(CC(C5)C3)C4)nn2)cc1. The van der Waals surface area contributed by atoms with E-state index in [1.165, 1.54) is 38.5 Å². The lowest BCUT2D eigenvalue weighted by molar-refractivity contribution is -0.210.